The van der Waals surface area contributed by atoms with Gasteiger partial charge in [0.1, 0.15) is 0 Å². The van der Waals surface area contributed by atoms with Crippen molar-refractivity contribution in [3.8, 4) is 72.4 Å². The Bertz CT molecular complexity index is 4750. The molecule has 0 bridgehead atoms. The summed E-state index contributed by atoms with van der Waals surface area (Å²) in [5.41, 5.74) is 18.4. The van der Waals surface area contributed by atoms with Gasteiger partial charge in [0, 0.05) is 56.8 Å². The highest BCUT2D eigenvalue weighted by Crippen LogP contribution is 2.49. The van der Waals surface area contributed by atoms with E-state index in [-0.39, 0.29) is 0 Å². The number of benzene rings is 13. The molecule has 77 heavy (non-hydrogen) atoms. The van der Waals surface area contributed by atoms with E-state index in [2.05, 4.69) is 278 Å². The summed E-state index contributed by atoms with van der Waals surface area (Å²) in [6, 6.07) is 101. The Kier molecular flexibility index (Phi) is 10.1. The number of nitrogens with zero attached hydrogens (tertiary/aromatic N) is 1. The second-order valence-electron chi connectivity index (χ2n) is 20.2. The van der Waals surface area contributed by atoms with E-state index in [0.717, 1.165) is 5.69 Å². The molecule has 0 fully saturated rings. The number of hydrogen-bond acceptors (Lipinski definition) is 2. The molecule has 0 spiro atoms. The van der Waals surface area contributed by atoms with Crippen LogP contribution in [0.5, 0.6) is 0 Å². The molecule has 0 saturated carbocycles. The Morgan fingerprint density at radius 1 is 0.208 bits per heavy atom. The normalized spacial score (nSPS) is 11.9. The molecule has 0 amide bonds. The lowest BCUT2D eigenvalue weighted by Crippen LogP contribution is -1.96. The number of hydrogen-bond donors (Lipinski definition) is 0. The van der Waals surface area contributed by atoms with Crippen LogP contribution in [0.15, 0.2) is 273 Å². The highest BCUT2D eigenvalue weighted by molar-refractivity contribution is 7.27. The Hall–Kier alpha value is -9.38. The first-order valence-electron chi connectivity index (χ1n) is 26.4. The second kappa shape index (κ2) is 17.6. The van der Waals surface area contributed by atoms with Crippen LogP contribution in [0.25, 0.3) is 156 Å². The summed E-state index contributed by atoms with van der Waals surface area (Å²) < 4.78 is 7.80. The molecule has 3 aromatic heterocycles. The van der Waals surface area contributed by atoms with Gasteiger partial charge in [0.25, 0.3) is 0 Å². The molecule has 0 aliphatic heterocycles. The molecule has 3 heterocycles. The quantitative estimate of drug-likeness (QED) is 0.140. The smallest absolute Gasteiger partial charge is 0.0547 e. The van der Waals surface area contributed by atoms with E-state index in [9.17, 15) is 0 Å². The Morgan fingerprint density at radius 3 is 0.948 bits per heavy atom. The van der Waals surface area contributed by atoms with E-state index < -0.39 is 0 Å². The van der Waals surface area contributed by atoms with Gasteiger partial charge in [0.05, 0.1) is 11.0 Å². The lowest BCUT2D eigenvalue weighted by atomic mass is 9.86. The largest absolute Gasteiger partial charge is 0.309 e. The van der Waals surface area contributed by atoms with Crippen LogP contribution in [-0.2, 0) is 0 Å². The van der Waals surface area contributed by atoms with Crippen LogP contribution in [0.4, 0.5) is 0 Å². The van der Waals surface area contributed by atoms with Crippen molar-refractivity contribution in [3.05, 3.63) is 273 Å². The van der Waals surface area contributed by atoms with Gasteiger partial charge in [-0.05, 0) is 113 Å². The number of aromatic nitrogens is 1. The summed E-state index contributed by atoms with van der Waals surface area (Å²) in [5, 5.41) is 12.6. The van der Waals surface area contributed by atoms with E-state index in [1.54, 1.807) is 0 Å². The first-order chi connectivity index (χ1) is 38.2. The van der Waals surface area contributed by atoms with Gasteiger partial charge in [-0.15, -0.1) is 22.7 Å². The molecular weight excluding hydrogens is 967 g/mol. The summed E-state index contributed by atoms with van der Waals surface area (Å²) >= 11 is 3.82. The van der Waals surface area contributed by atoms with E-state index in [1.165, 1.54) is 150 Å². The standard InChI is InChI=1S/C74H45NS2/c1-4-19-46(20-5-1)53-31-15-35-63-65-37-17-33-55(73(65)76-71(53)63)49-39-41-57-58-42-40-50(56-34-18-38-66-64-36-16-32-54(72(64)77-74(56)66)47-21-6-2-7-22-47)45-68(58)75(67(57)44-49)52-26-14-25-51(43-52)70-61-29-12-10-27-59(61)69(48-23-8-3-9-24-48)60-28-11-13-30-62(60)70/h1-45H. The van der Waals surface area contributed by atoms with E-state index >= 15 is 0 Å². The molecule has 0 radical (unpaired) electrons. The summed E-state index contributed by atoms with van der Waals surface area (Å²) in [7, 11) is 0. The fraction of sp³-hybridized carbons (Fsp3) is 0. The molecule has 0 aliphatic rings. The van der Waals surface area contributed by atoms with Crippen LogP contribution in [0, 0.1) is 0 Å². The van der Waals surface area contributed by atoms with Crippen molar-refractivity contribution in [2.24, 2.45) is 0 Å². The van der Waals surface area contributed by atoms with Crippen LogP contribution in [0.3, 0.4) is 0 Å². The van der Waals surface area contributed by atoms with Gasteiger partial charge in [-0.25, -0.2) is 0 Å². The highest BCUT2D eigenvalue weighted by atomic mass is 32.1. The van der Waals surface area contributed by atoms with Gasteiger partial charge in [-0.3, -0.25) is 0 Å². The number of fused-ring (bicyclic) bond motifs is 11. The van der Waals surface area contributed by atoms with Crippen molar-refractivity contribution in [1.29, 1.82) is 0 Å². The number of rotatable bonds is 7. The van der Waals surface area contributed by atoms with Crippen LogP contribution in [0.2, 0.25) is 0 Å². The molecule has 16 rings (SSSR count). The molecule has 1 nitrogen and oxygen atoms in total. The summed E-state index contributed by atoms with van der Waals surface area (Å²) in [6.45, 7) is 0. The minimum atomic E-state index is 1.12. The topological polar surface area (TPSA) is 4.93 Å². The maximum atomic E-state index is 2.54. The molecule has 0 aliphatic carbocycles. The lowest BCUT2D eigenvalue weighted by Gasteiger charge is -2.18. The summed E-state index contributed by atoms with van der Waals surface area (Å²) in [4.78, 5) is 0. The third kappa shape index (κ3) is 6.91. The van der Waals surface area contributed by atoms with E-state index in [1.807, 2.05) is 22.7 Å². The van der Waals surface area contributed by atoms with Gasteiger partial charge in [-0.2, -0.15) is 0 Å². The fourth-order valence-corrected chi connectivity index (χ4v) is 15.3. The molecule has 0 unspecified atom stereocenters. The Labute approximate surface area is 453 Å². The zero-order valence-corrected chi connectivity index (χ0v) is 43.4. The van der Waals surface area contributed by atoms with E-state index in [0.29, 0.717) is 0 Å². The molecule has 0 atom stereocenters. The minimum Gasteiger partial charge on any atom is -0.309 e. The van der Waals surface area contributed by atoms with Crippen molar-refractivity contribution in [3.63, 3.8) is 0 Å². The molecule has 0 saturated heterocycles. The molecule has 3 heteroatoms. The Morgan fingerprint density at radius 2 is 0.532 bits per heavy atom. The summed E-state index contributed by atoms with van der Waals surface area (Å²) in [5.74, 6) is 0. The molecule has 358 valence electrons. The fourth-order valence-electron chi connectivity index (χ4n) is 12.6. The maximum Gasteiger partial charge on any atom is 0.0547 e. The number of thiophene rings is 2. The lowest BCUT2D eigenvalue weighted by molar-refractivity contribution is 1.18. The second-order valence-corrected chi connectivity index (χ2v) is 22.3. The van der Waals surface area contributed by atoms with Gasteiger partial charge in [0.2, 0.25) is 0 Å². The molecule has 13 aromatic carbocycles. The first kappa shape index (κ1) is 44.0. The maximum absolute atomic E-state index is 2.54. The third-order valence-corrected chi connectivity index (χ3v) is 18.6. The predicted octanol–water partition coefficient (Wildman–Crippen LogP) is 21.8. The van der Waals surface area contributed by atoms with Crippen LogP contribution < -0.4 is 0 Å². The van der Waals surface area contributed by atoms with Gasteiger partial charge in [-0.1, -0.05) is 249 Å². The van der Waals surface area contributed by atoms with Crippen molar-refractivity contribution in [1.82, 2.24) is 4.57 Å². The average Bonchev–Trinajstić information content (AvgIpc) is 4.40. The third-order valence-electron chi connectivity index (χ3n) is 16.0. The SMILES string of the molecule is c1ccc(-c2c3ccccc3c(-c3cccc(-n4c5cc(-c6cccc7c6sc6c(-c8ccccc8)cccc67)ccc5c5ccc(-c6cccc7c6sc6c(-c8ccccc8)cccc67)cc54)c3)c3ccccc23)cc1. The molecule has 0 N–H and O–H groups in total. The minimum absolute atomic E-state index is 1.12. The van der Waals surface area contributed by atoms with Crippen LogP contribution in [0.1, 0.15) is 0 Å². The van der Waals surface area contributed by atoms with Crippen LogP contribution >= 0.6 is 22.7 Å². The molecular formula is C74H45NS2. The first-order valence-corrected chi connectivity index (χ1v) is 28.0. The van der Waals surface area contributed by atoms with Gasteiger partial charge in [0.15, 0.2) is 0 Å². The Balaban J connectivity index is 0.941. The van der Waals surface area contributed by atoms with Gasteiger partial charge >= 0.3 is 0 Å². The summed E-state index contributed by atoms with van der Waals surface area (Å²) in [6.07, 6.45) is 0. The van der Waals surface area contributed by atoms with Crippen molar-refractivity contribution < 1.29 is 0 Å². The predicted molar refractivity (Wildman–Crippen MR) is 334 cm³/mol. The molecule has 16 aromatic rings. The average molecular weight is 1010 g/mol. The van der Waals surface area contributed by atoms with Crippen molar-refractivity contribution >= 4 is 106 Å². The zero-order valence-electron chi connectivity index (χ0n) is 41.7. The van der Waals surface area contributed by atoms with Gasteiger partial charge < -0.3 is 4.57 Å². The highest BCUT2D eigenvalue weighted by Gasteiger charge is 2.22. The van der Waals surface area contributed by atoms with E-state index in [4.69, 9.17) is 0 Å². The monoisotopic (exact) mass is 1010 g/mol. The van der Waals surface area contributed by atoms with Crippen molar-refractivity contribution in [2.45, 2.75) is 0 Å². The van der Waals surface area contributed by atoms with Crippen LogP contribution in [-0.4, -0.2) is 4.57 Å². The zero-order chi connectivity index (χ0) is 50.6. The van der Waals surface area contributed by atoms with Crippen molar-refractivity contribution in [2.75, 3.05) is 0 Å².